The fourth-order valence-corrected chi connectivity index (χ4v) is 1.98. The molecule has 0 saturated carbocycles. The summed E-state index contributed by atoms with van der Waals surface area (Å²) in [4.78, 5) is 0. The summed E-state index contributed by atoms with van der Waals surface area (Å²) in [6.07, 6.45) is 4.92. The van der Waals surface area contributed by atoms with E-state index in [0.29, 0.717) is 0 Å². The van der Waals surface area contributed by atoms with Crippen LogP contribution >= 0.6 is 0 Å². The fraction of sp³-hybridized carbons (Fsp3) is 0.0588. The van der Waals surface area contributed by atoms with Gasteiger partial charge in [0, 0.05) is 178 Å². The molecule has 4 N–H and O–H groups in total. The first-order chi connectivity index (χ1) is 39.2. The minimum atomic E-state index is 0. The molecule has 0 aliphatic carbocycles. The Morgan fingerprint density at radius 3 is 0.412 bits per heavy atom. The van der Waals surface area contributed by atoms with Crippen molar-refractivity contribution in [2.45, 2.75) is 28.2 Å². The summed E-state index contributed by atoms with van der Waals surface area (Å²) in [5.41, 5.74) is 0. The second-order valence-electron chi connectivity index (χ2n) is 8.70. The SMILES string of the molecule is C.C#CC#CC#CC#CC#CC#CC#CC#CC#CC#CC#CC#CC#CC#CC#CC.CC#CC#CC#CC#CC#CC#CC#CC#CC#CC#CC#CC#CC#CC#CC#CC#CC#CC.N#N.OOO.OOOOOOO.[HH]. The molecule has 0 aromatic heterocycles. The van der Waals surface area contributed by atoms with Gasteiger partial charge in [-0.3, -0.25) is 0 Å². The molecule has 0 atom stereocenters. The quantitative estimate of drug-likeness (QED) is 0.106. The number of nitrogens with zero attached hydrogens (tertiary/aromatic N) is 2. The lowest BCUT2D eigenvalue weighted by Gasteiger charge is -1.88. The molecule has 0 aliphatic rings. The Hall–Kier alpha value is -15.1. The summed E-state index contributed by atoms with van der Waals surface area (Å²) in [7, 11) is 0. The number of terminal acetylenes is 1. The van der Waals surface area contributed by atoms with Crippen LogP contribution in [0.3, 0.4) is 0 Å². The van der Waals surface area contributed by atoms with E-state index in [-0.39, 0.29) is 8.85 Å². The van der Waals surface area contributed by atoms with Crippen LogP contribution in [0.5, 0.6) is 0 Å². The zero-order valence-corrected chi connectivity index (χ0v) is 40.2. The van der Waals surface area contributed by atoms with E-state index < -0.39 is 0 Å². The van der Waals surface area contributed by atoms with Gasteiger partial charge in [-0.05, 0) is 235 Å². The second kappa shape index (κ2) is 87.1. The maximum Gasteiger partial charge on any atom is 0 e. The lowest BCUT2D eigenvalue weighted by molar-refractivity contribution is -0.784. The Morgan fingerprint density at radius 2 is 0.325 bits per heavy atom. The largest absolute Gasteiger partial charge is 0.221 e. The molecule has 0 aromatic rings. The molecule has 0 aromatic carbocycles. The molecule has 0 unspecified atom stereocenters. The normalized spacial score (nSPS) is 4.35. The molecule has 362 valence electrons. The van der Waals surface area contributed by atoms with Crippen LogP contribution < -0.4 is 0 Å². The van der Waals surface area contributed by atoms with Gasteiger partial charge in [0.25, 0.3) is 0 Å². The van der Waals surface area contributed by atoms with E-state index in [0.717, 1.165) is 0 Å². The molecular weight excluding hydrogens is 1000 g/mol. The average Bonchev–Trinajstić information content (AvgIpc) is 3.46. The summed E-state index contributed by atoms with van der Waals surface area (Å²) in [6, 6.07) is 0. The Balaban J connectivity index is -0.000000222. The number of hydrogen-bond acceptors (Lipinski definition) is 12. The van der Waals surface area contributed by atoms with Crippen molar-refractivity contribution in [2.75, 3.05) is 0 Å². The predicted octanol–water partition coefficient (Wildman–Crippen LogP) is 2.31. The van der Waals surface area contributed by atoms with E-state index in [1.807, 2.05) is 0 Å². The molecule has 0 radical (unpaired) electrons. The van der Waals surface area contributed by atoms with Crippen LogP contribution in [0.15, 0.2) is 0 Å². The second-order valence-corrected chi connectivity index (χ2v) is 8.70. The average molecular weight is 1020 g/mol. The van der Waals surface area contributed by atoms with Crippen molar-refractivity contribution in [3.05, 3.63) is 0 Å². The van der Waals surface area contributed by atoms with Crippen LogP contribution in [0.4, 0.5) is 0 Å². The van der Waals surface area contributed by atoms with Crippen molar-refractivity contribution in [2.24, 2.45) is 0 Å². The van der Waals surface area contributed by atoms with Gasteiger partial charge in [0.15, 0.2) is 0 Å². The van der Waals surface area contributed by atoms with Crippen molar-refractivity contribution >= 4 is 0 Å². The van der Waals surface area contributed by atoms with Crippen LogP contribution in [-0.4, -0.2) is 21.0 Å². The lowest BCUT2D eigenvalue weighted by atomic mass is 10.4. The van der Waals surface area contributed by atoms with Crippen molar-refractivity contribution < 1.29 is 52.7 Å². The molecule has 0 heterocycles. The van der Waals surface area contributed by atoms with Crippen LogP contribution in [0.1, 0.15) is 29.6 Å². The fourth-order valence-electron chi connectivity index (χ4n) is 1.98. The topological polar surface area (TPSA) is 184 Å². The van der Waals surface area contributed by atoms with Gasteiger partial charge in [0.1, 0.15) is 0 Å². The summed E-state index contributed by atoms with van der Waals surface area (Å²) < 4.78 is 0. The van der Waals surface area contributed by atoms with Gasteiger partial charge in [0.2, 0.25) is 0 Å². The minimum Gasteiger partial charge on any atom is -0.221 e. The predicted molar refractivity (Wildman–Crippen MR) is 296 cm³/mol. The molecule has 0 bridgehead atoms. The Morgan fingerprint density at radius 1 is 0.225 bits per heavy atom. The Kier molecular flexibility index (Phi) is 83.2. The van der Waals surface area contributed by atoms with E-state index in [1.54, 1.807) is 20.8 Å². The first-order valence-electron chi connectivity index (χ1n) is 18.6. The van der Waals surface area contributed by atoms with Crippen molar-refractivity contribution in [3.8, 4) is 379 Å². The van der Waals surface area contributed by atoms with E-state index >= 15 is 0 Å². The summed E-state index contributed by atoms with van der Waals surface area (Å²) >= 11 is 0. The molecule has 12 heteroatoms. The molecule has 80 heavy (non-hydrogen) atoms. The zero-order chi connectivity index (χ0) is 58.8. The highest BCUT2D eigenvalue weighted by molar-refractivity contribution is 5.51. The van der Waals surface area contributed by atoms with E-state index in [9.17, 15) is 0 Å². The van der Waals surface area contributed by atoms with Gasteiger partial charge < -0.3 is 0 Å². The maximum atomic E-state index is 7.23. The third kappa shape index (κ3) is 96.8. The summed E-state index contributed by atoms with van der Waals surface area (Å²) in [6.45, 7) is 5.08. The van der Waals surface area contributed by atoms with Crippen molar-refractivity contribution in [1.29, 1.82) is 10.8 Å². The van der Waals surface area contributed by atoms with Crippen molar-refractivity contribution in [3.63, 3.8) is 0 Å². The van der Waals surface area contributed by atoms with Gasteiger partial charge >= 0.3 is 0 Å². The zero-order valence-electron chi connectivity index (χ0n) is 40.2. The van der Waals surface area contributed by atoms with E-state index in [2.05, 4.69) is 403 Å². The Bertz CT molecular complexity index is 4280. The van der Waals surface area contributed by atoms with Gasteiger partial charge in [-0.1, -0.05) is 30.2 Å². The first-order valence-corrected chi connectivity index (χ1v) is 18.6. The summed E-state index contributed by atoms with van der Waals surface area (Å²) in [5.74, 6) is 158. The smallest absolute Gasteiger partial charge is 0 e. The first kappa shape index (κ1) is 76.4. The molecular formula is C68H20N2O10. The minimum absolute atomic E-state index is 0. The standard InChI is InChI=1S/C36H6.C31H4.CH4.N2.H2O7.H2O3.H2/c1-3-5-7-9-11-13-15-17-19-21-23-25-27-29-31-33-35-36-34-32-30-28-26-24-22-20-18-16-14-12-10-8-6-4-2;1-3-5-7-9-11-13-15-17-19-21-23-25-27-29-31-30-28-26-24-22-20-18-16-14-12-10-8-6-4-2;;1-2;1-3-5-7-6-4-2;1-3-2;/h1-2H3;1H,2H3;1H4;;1-2H;1-2H;1H. The maximum absolute atomic E-state index is 7.23. The summed E-state index contributed by atoms with van der Waals surface area (Å²) in [5, 5.41) is 57.0. The lowest BCUT2D eigenvalue weighted by Crippen LogP contribution is -1.93. The van der Waals surface area contributed by atoms with E-state index in [1.165, 1.54) is 0 Å². The van der Waals surface area contributed by atoms with Crippen LogP contribution in [0, 0.1) is 390 Å². The van der Waals surface area contributed by atoms with Crippen LogP contribution in [-0.2, 0) is 30.2 Å². The number of rotatable bonds is 4. The van der Waals surface area contributed by atoms with Gasteiger partial charge in [-0.25, -0.2) is 21.0 Å². The Labute approximate surface area is 469 Å². The van der Waals surface area contributed by atoms with Gasteiger partial charge in [-0.15, -0.1) is 6.42 Å². The highest BCUT2D eigenvalue weighted by Crippen LogP contribution is 1.77. The highest BCUT2D eigenvalue weighted by Gasteiger charge is 1.83. The van der Waals surface area contributed by atoms with Crippen molar-refractivity contribution in [1.82, 2.24) is 0 Å². The molecule has 0 amide bonds. The van der Waals surface area contributed by atoms with Gasteiger partial charge in [0.05, 0.1) is 0 Å². The van der Waals surface area contributed by atoms with Crippen LogP contribution in [0.2, 0.25) is 0 Å². The van der Waals surface area contributed by atoms with Crippen LogP contribution in [0.25, 0.3) is 0 Å². The number of hydrogen-bond donors (Lipinski definition) is 4. The molecule has 0 saturated heterocycles. The molecule has 0 rings (SSSR count). The highest BCUT2D eigenvalue weighted by atomic mass is 17.9. The molecule has 0 aliphatic heterocycles. The third-order valence-corrected chi connectivity index (χ3v) is 4.13. The third-order valence-electron chi connectivity index (χ3n) is 4.13. The van der Waals surface area contributed by atoms with E-state index in [4.69, 9.17) is 38.2 Å². The monoisotopic (exact) mass is 1020 g/mol. The molecule has 12 nitrogen and oxygen atoms in total. The van der Waals surface area contributed by atoms with Gasteiger partial charge in [-0.2, -0.15) is 0 Å². The molecule has 0 fully saturated rings. The molecule has 0 spiro atoms.